The van der Waals surface area contributed by atoms with E-state index in [4.69, 9.17) is 42.0 Å². The van der Waals surface area contributed by atoms with Gasteiger partial charge in [0.25, 0.3) is 0 Å². The molecule has 2 saturated heterocycles. The lowest BCUT2D eigenvalue weighted by atomic mass is 9.77. The van der Waals surface area contributed by atoms with Gasteiger partial charge in [0, 0.05) is 52.2 Å². The maximum Gasteiger partial charge on any atom is 0.496 e. The van der Waals surface area contributed by atoms with Gasteiger partial charge in [0.2, 0.25) is 11.8 Å². The van der Waals surface area contributed by atoms with Crippen LogP contribution in [0.4, 0.5) is 9.18 Å². The van der Waals surface area contributed by atoms with E-state index in [1.54, 1.807) is 12.1 Å². The fraction of sp³-hybridized carbons (Fsp3) is 0.387. The predicted molar refractivity (Wildman–Crippen MR) is 167 cm³/mol. The van der Waals surface area contributed by atoms with Crippen molar-refractivity contribution in [1.82, 2.24) is 15.6 Å². The van der Waals surface area contributed by atoms with Gasteiger partial charge >= 0.3 is 13.2 Å². The van der Waals surface area contributed by atoms with Crippen LogP contribution >= 0.6 is 23.2 Å². The molecule has 1 unspecified atom stereocenters. The lowest BCUT2D eigenvalue weighted by Crippen LogP contribution is -2.41. The Balaban J connectivity index is 1.37. The van der Waals surface area contributed by atoms with E-state index in [0.717, 1.165) is 0 Å². The first-order chi connectivity index (χ1) is 20.8. The number of nitrogens with zero attached hydrogens (tertiary/aromatic N) is 1. The Morgan fingerprint density at radius 3 is 2.36 bits per heavy atom. The van der Waals surface area contributed by atoms with Crippen LogP contribution in [-0.2, 0) is 25.4 Å². The molecule has 13 heteroatoms. The summed E-state index contributed by atoms with van der Waals surface area (Å²) in [7, 11) is 0.673. The average Bonchev–Trinajstić information content (AvgIpc) is 3.48. The zero-order valence-corrected chi connectivity index (χ0v) is 26.6. The van der Waals surface area contributed by atoms with Gasteiger partial charge < -0.3 is 29.4 Å². The molecule has 5 rings (SSSR count). The van der Waals surface area contributed by atoms with Crippen molar-refractivity contribution in [2.75, 3.05) is 13.7 Å². The average molecular weight is 644 g/mol. The molecule has 2 fully saturated rings. The molecule has 3 aromatic rings. The van der Waals surface area contributed by atoms with Gasteiger partial charge in [0.05, 0.1) is 34.6 Å². The summed E-state index contributed by atoms with van der Waals surface area (Å²) in [6.07, 6.45) is 0.274. The minimum Gasteiger partial charge on any atom is -0.481 e. The Bertz CT molecular complexity index is 1590. The second-order valence-electron chi connectivity index (χ2n) is 11.7. The Morgan fingerprint density at radius 1 is 1.09 bits per heavy atom. The van der Waals surface area contributed by atoms with Crippen molar-refractivity contribution < 1.29 is 32.8 Å². The Labute approximate surface area is 265 Å². The van der Waals surface area contributed by atoms with E-state index in [1.165, 1.54) is 13.2 Å². The number of hydrogen-bond acceptors (Lipinski definition) is 7. The van der Waals surface area contributed by atoms with Gasteiger partial charge in [-0.15, -0.1) is 0 Å². The number of carbonyl (C=O) groups is 2. The van der Waals surface area contributed by atoms with Gasteiger partial charge in [0.1, 0.15) is 12.4 Å². The summed E-state index contributed by atoms with van der Waals surface area (Å²) in [5.41, 5.74) is 1.46. The highest BCUT2D eigenvalue weighted by Crippen LogP contribution is 2.41. The highest BCUT2D eigenvalue weighted by Gasteiger charge is 2.52. The molecule has 2 aliphatic heterocycles. The van der Waals surface area contributed by atoms with Crippen LogP contribution in [0.25, 0.3) is 22.4 Å². The quantitative estimate of drug-likeness (QED) is 0.304. The van der Waals surface area contributed by atoms with Crippen molar-refractivity contribution in [2.24, 2.45) is 0 Å². The number of hydrogen-bond donors (Lipinski definition) is 2. The van der Waals surface area contributed by atoms with Gasteiger partial charge in [-0.25, -0.2) is 14.2 Å². The monoisotopic (exact) mass is 643 g/mol. The molecule has 1 atom stereocenters. The second-order valence-corrected chi connectivity index (χ2v) is 12.5. The minimum atomic E-state index is -0.757. The van der Waals surface area contributed by atoms with Crippen molar-refractivity contribution in [3.05, 3.63) is 63.9 Å². The smallest absolute Gasteiger partial charge is 0.481 e. The molecule has 0 saturated carbocycles. The van der Waals surface area contributed by atoms with Crippen molar-refractivity contribution >= 4 is 47.8 Å². The number of pyridine rings is 1. The maximum atomic E-state index is 15.4. The Hall–Kier alpha value is -3.38. The lowest BCUT2D eigenvalue weighted by Gasteiger charge is -2.32. The molecule has 9 nitrogen and oxygen atoms in total. The molecule has 0 aliphatic carbocycles. The number of alkyl carbamates (subject to hydrolysis) is 1. The van der Waals surface area contributed by atoms with E-state index in [1.807, 2.05) is 52.0 Å². The Morgan fingerprint density at radius 2 is 1.73 bits per heavy atom. The number of halogens is 3. The first kappa shape index (κ1) is 32.0. The number of nitrogens with one attached hydrogen (secondary N) is 2. The number of carbonyl (C=O) groups excluding carboxylic acids is 2. The lowest BCUT2D eigenvalue weighted by molar-refractivity contribution is -0.119. The van der Waals surface area contributed by atoms with Crippen LogP contribution in [0.2, 0.25) is 10.0 Å². The first-order valence-electron chi connectivity index (χ1n) is 14.2. The van der Waals surface area contributed by atoms with Crippen LogP contribution in [0.3, 0.4) is 0 Å². The molecule has 44 heavy (non-hydrogen) atoms. The van der Waals surface area contributed by atoms with Crippen molar-refractivity contribution in [3.63, 3.8) is 0 Å². The minimum absolute atomic E-state index is 0.0361. The van der Waals surface area contributed by atoms with Crippen LogP contribution in [0.5, 0.6) is 5.88 Å². The fourth-order valence-electron chi connectivity index (χ4n) is 5.03. The number of ether oxygens (including phenoxy) is 2. The van der Waals surface area contributed by atoms with Crippen LogP contribution in [0.1, 0.15) is 46.1 Å². The van der Waals surface area contributed by atoms with E-state index in [0.29, 0.717) is 45.0 Å². The highest BCUT2D eigenvalue weighted by molar-refractivity contribution is 6.66. The normalized spacial score (nSPS) is 18.7. The van der Waals surface area contributed by atoms with E-state index in [-0.39, 0.29) is 35.6 Å². The van der Waals surface area contributed by atoms with Crippen molar-refractivity contribution in [2.45, 2.75) is 64.4 Å². The van der Waals surface area contributed by atoms with Gasteiger partial charge in [-0.05, 0) is 34.1 Å². The number of methoxy groups -OCH3 is 1. The van der Waals surface area contributed by atoms with Gasteiger partial charge in [-0.1, -0.05) is 59.6 Å². The third-order valence-electron chi connectivity index (χ3n) is 8.25. The van der Waals surface area contributed by atoms with Crippen LogP contribution in [0, 0.1) is 5.82 Å². The maximum absolute atomic E-state index is 15.4. The second kappa shape index (κ2) is 12.6. The summed E-state index contributed by atoms with van der Waals surface area (Å²) in [6.45, 7) is 7.67. The number of amides is 2. The number of benzene rings is 2. The molecular formula is C31H33BCl2FN3O6. The third kappa shape index (κ3) is 6.37. The molecule has 232 valence electrons. The van der Waals surface area contributed by atoms with E-state index in [2.05, 4.69) is 15.6 Å². The molecular weight excluding hydrogens is 611 g/mol. The summed E-state index contributed by atoms with van der Waals surface area (Å²) in [5.74, 6) is -0.810. The zero-order chi connectivity index (χ0) is 31.8. The standard InChI is InChI=1S/C31H33BCl2FN3O6/c1-30(2)31(3,4)44-32(43-30)22-11-7-9-19(27(22)34)18-8-6-10-20(26(18)33)24-14-23(35)21(28(38-24)41-5)16-42-29(40)36-15-17-12-13-25(39)37-17/h6-11,14,17H,12-13,15-16H2,1-5H3,(H,36,40)(H,37,39). The summed E-state index contributed by atoms with van der Waals surface area (Å²) in [6, 6.07) is 11.9. The van der Waals surface area contributed by atoms with Gasteiger partial charge in [-0.2, -0.15) is 0 Å². The van der Waals surface area contributed by atoms with Crippen molar-refractivity contribution in [1.29, 1.82) is 0 Å². The van der Waals surface area contributed by atoms with Crippen LogP contribution in [0.15, 0.2) is 42.5 Å². The fourth-order valence-corrected chi connectivity index (χ4v) is 5.67. The van der Waals surface area contributed by atoms with E-state index >= 15 is 4.39 Å². The SMILES string of the molecule is COc1nc(-c2cccc(-c3cccc(B4OC(C)(C)C(C)(C)O4)c3Cl)c2Cl)cc(F)c1COC(=O)NCC1CCC(=O)N1. The molecule has 3 heterocycles. The molecule has 2 amide bonds. The van der Waals surface area contributed by atoms with E-state index < -0.39 is 36.8 Å². The van der Waals surface area contributed by atoms with Gasteiger partial charge in [0.15, 0.2) is 0 Å². The first-order valence-corrected chi connectivity index (χ1v) is 14.9. The summed E-state index contributed by atoms with van der Waals surface area (Å²) in [5, 5.41) is 6.04. The molecule has 0 bridgehead atoms. The van der Waals surface area contributed by atoms with E-state index in [9.17, 15) is 9.59 Å². The largest absolute Gasteiger partial charge is 0.496 e. The molecule has 2 N–H and O–H groups in total. The van der Waals surface area contributed by atoms with Gasteiger partial charge in [-0.3, -0.25) is 4.79 Å². The topological polar surface area (TPSA) is 108 Å². The molecule has 2 aliphatic rings. The molecule has 0 spiro atoms. The molecule has 2 aromatic carbocycles. The molecule has 0 radical (unpaired) electrons. The van der Waals surface area contributed by atoms with Crippen LogP contribution in [-0.4, -0.2) is 55.0 Å². The van der Waals surface area contributed by atoms with Crippen molar-refractivity contribution in [3.8, 4) is 28.3 Å². The third-order valence-corrected chi connectivity index (χ3v) is 9.08. The summed E-state index contributed by atoms with van der Waals surface area (Å²) >= 11 is 13.8. The van der Waals surface area contributed by atoms with Crippen LogP contribution < -0.4 is 20.8 Å². The Kier molecular flexibility index (Phi) is 9.14. The highest BCUT2D eigenvalue weighted by atomic mass is 35.5. The number of rotatable bonds is 8. The summed E-state index contributed by atoms with van der Waals surface area (Å²) < 4.78 is 38.4. The number of aromatic nitrogens is 1. The molecule has 1 aromatic heterocycles. The summed E-state index contributed by atoms with van der Waals surface area (Å²) in [4.78, 5) is 28.0. The predicted octanol–water partition coefficient (Wildman–Crippen LogP) is 5.67. The zero-order valence-electron chi connectivity index (χ0n) is 25.1.